The van der Waals surface area contributed by atoms with Crippen LogP contribution in [0.5, 0.6) is 11.5 Å². The number of hydrogen-bond donors (Lipinski definition) is 1. The van der Waals surface area contributed by atoms with Crippen molar-refractivity contribution in [3.63, 3.8) is 0 Å². The van der Waals surface area contributed by atoms with E-state index in [1.54, 1.807) is 34.9 Å². The van der Waals surface area contributed by atoms with E-state index in [0.717, 1.165) is 0 Å². The number of hydrogen-bond acceptors (Lipinski definition) is 5. The molecule has 2 saturated heterocycles. The smallest absolute Gasteiger partial charge is 0.311 e. The minimum atomic E-state index is -0.907. The van der Waals surface area contributed by atoms with Crippen LogP contribution in [0.2, 0.25) is 0 Å². The first-order valence-corrected chi connectivity index (χ1v) is 8.59. The van der Waals surface area contributed by atoms with Crippen LogP contribution in [-0.4, -0.2) is 54.2 Å². The van der Waals surface area contributed by atoms with Crippen LogP contribution in [0.3, 0.4) is 0 Å². The van der Waals surface area contributed by atoms with Gasteiger partial charge in [-0.1, -0.05) is 0 Å². The fourth-order valence-electron chi connectivity index (χ4n) is 3.76. The molecule has 0 bridgehead atoms. The number of fused-ring (bicyclic) bond motifs is 1. The molecule has 2 unspecified atom stereocenters. The van der Waals surface area contributed by atoms with Crippen molar-refractivity contribution in [1.82, 2.24) is 4.90 Å². The minimum absolute atomic E-state index is 0.123. The second-order valence-corrected chi connectivity index (χ2v) is 7.32. The number of carbonyl (C=O) groups is 3. The number of aliphatic carboxylic acids is 1. The maximum Gasteiger partial charge on any atom is 0.311 e. The van der Waals surface area contributed by atoms with E-state index in [-0.39, 0.29) is 38.1 Å². The molecule has 1 aromatic carbocycles. The largest absolute Gasteiger partial charge is 0.481 e. The van der Waals surface area contributed by atoms with Crippen molar-refractivity contribution >= 4 is 23.5 Å². The molecule has 1 N–H and O–H groups in total. The molecule has 8 nitrogen and oxygen atoms in total. The Bertz CT molecular complexity index is 794. The number of carboxylic acid groups (broad SMARTS) is 1. The first-order chi connectivity index (χ1) is 12.4. The van der Waals surface area contributed by atoms with Gasteiger partial charge in [0.2, 0.25) is 18.6 Å². The van der Waals surface area contributed by atoms with Crippen molar-refractivity contribution in [1.29, 1.82) is 0 Å². The second-order valence-electron chi connectivity index (χ2n) is 7.32. The second kappa shape index (κ2) is 5.89. The topological polar surface area (TPSA) is 96.4 Å². The van der Waals surface area contributed by atoms with Gasteiger partial charge in [0, 0.05) is 37.8 Å². The summed E-state index contributed by atoms with van der Waals surface area (Å²) in [5.74, 6) is -0.393. The van der Waals surface area contributed by atoms with Crippen molar-refractivity contribution in [3.05, 3.63) is 18.2 Å². The van der Waals surface area contributed by atoms with Crippen LogP contribution in [0.15, 0.2) is 18.2 Å². The summed E-state index contributed by atoms with van der Waals surface area (Å²) in [5, 5.41) is 9.32. The highest BCUT2D eigenvalue weighted by Gasteiger charge is 2.45. The molecular weight excluding hydrogens is 340 g/mol. The van der Waals surface area contributed by atoms with E-state index in [0.29, 0.717) is 30.2 Å². The molecule has 3 aliphatic rings. The monoisotopic (exact) mass is 360 g/mol. The van der Waals surface area contributed by atoms with Crippen LogP contribution in [0.1, 0.15) is 19.8 Å². The maximum atomic E-state index is 12.8. The molecule has 8 heteroatoms. The number of carboxylic acids is 1. The Labute approximate surface area is 150 Å². The predicted octanol–water partition coefficient (Wildman–Crippen LogP) is 1.09. The lowest BCUT2D eigenvalue weighted by molar-refractivity contribution is -0.147. The summed E-state index contributed by atoms with van der Waals surface area (Å²) in [6.07, 6.45) is 0.564. The highest BCUT2D eigenvalue weighted by Crippen LogP contribution is 2.38. The number of nitrogens with zero attached hydrogens (tertiary/aromatic N) is 2. The Morgan fingerprint density at radius 1 is 1.27 bits per heavy atom. The zero-order valence-corrected chi connectivity index (χ0v) is 14.4. The normalized spacial score (nSPS) is 27.3. The molecule has 26 heavy (non-hydrogen) atoms. The number of ether oxygens (including phenoxy) is 2. The van der Waals surface area contributed by atoms with Crippen molar-refractivity contribution in [2.45, 2.75) is 19.8 Å². The Kier molecular flexibility index (Phi) is 3.78. The molecule has 4 rings (SSSR count). The molecule has 0 aromatic heterocycles. The van der Waals surface area contributed by atoms with Gasteiger partial charge in [0.25, 0.3) is 0 Å². The SMILES string of the molecule is CC1(C(=O)O)CCN(C(=O)C2CC(=O)N(c3ccc4c(c3)OCO4)C2)C1. The van der Waals surface area contributed by atoms with E-state index in [1.165, 1.54) is 0 Å². The summed E-state index contributed by atoms with van der Waals surface area (Å²) in [7, 11) is 0. The van der Waals surface area contributed by atoms with Crippen LogP contribution >= 0.6 is 0 Å². The van der Waals surface area contributed by atoms with Crippen molar-refractivity contribution in [3.8, 4) is 11.5 Å². The van der Waals surface area contributed by atoms with Gasteiger partial charge < -0.3 is 24.4 Å². The summed E-state index contributed by atoms with van der Waals surface area (Å²) in [6, 6.07) is 5.26. The molecule has 3 heterocycles. The van der Waals surface area contributed by atoms with E-state index in [4.69, 9.17) is 9.47 Å². The standard InChI is InChI=1S/C18H20N2O6/c1-18(17(23)24)4-5-19(9-18)16(22)11-6-15(21)20(8-11)12-2-3-13-14(7-12)26-10-25-13/h2-3,7,11H,4-6,8-10H2,1H3,(H,23,24). The first-order valence-electron chi connectivity index (χ1n) is 8.59. The van der Waals surface area contributed by atoms with E-state index in [9.17, 15) is 19.5 Å². The Morgan fingerprint density at radius 3 is 2.77 bits per heavy atom. The van der Waals surface area contributed by atoms with E-state index in [1.807, 2.05) is 0 Å². The van der Waals surface area contributed by atoms with Gasteiger partial charge in [-0.05, 0) is 25.5 Å². The lowest BCUT2D eigenvalue weighted by Gasteiger charge is -2.23. The highest BCUT2D eigenvalue weighted by molar-refractivity contribution is 6.00. The number of amides is 2. The fourth-order valence-corrected chi connectivity index (χ4v) is 3.76. The third-order valence-corrected chi connectivity index (χ3v) is 5.44. The fraction of sp³-hybridized carbons (Fsp3) is 0.500. The zero-order chi connectivity index (χ0) is 18.5. The summed E-state index contributed by atoms with van der Waals surface area (Å²) < 4.78 is 10.6. The van der Waals surface area contributed by atoms with Gasteiger partial charge in [0.15, 0.2) is 11.5 Å². The van der Waals surface area contributed by atoms with Gasteiger partial charge in [-0.3, -0.25) is 14.4 Å². The van der Waals surface area contributed by atoms with Crippen LogP contribution in [0, 0.1) is 11.3 Å². The summed E-state index contributed by atoms with van der Waals surface area (Å²) in [5.41, 5.74) is -0.235. The lowest BCUT2D eigenvalue weighted by atomic mass is 9.90. The van der Waals surface area contributed by atoms with Gasteiger partial charge in [-0.25, -0.2) is 0 Å². The molecule has 0 aliphatic carbocycles. The zero-order valence-electron chi connectivity index (χ0n) is 14.4. The van der Waals surface area contributed by atoms with Gasteiger partial charge in [0.05, 0.1) is 11.3 Å². The number of carbonyl (C=O) groups excluding carboxylic acids is 2. The number of rotatable bonds is 3. The van der Waals surface area contributed by atoms with E-state index >= 15 is 0 Å². The van der Waals surface area contributed by atoms with Gasteiger partial charge in [-0.2, -0.15) is 0 Å². The average molecular weight is 360 g/mol. The molecule has 2 fully saturated rings. The average Bonchev–Trinajstić information content (AvgIpc) is 3.32. The molecular formula is C18H20N2O6. The molecule has 0 saturated carbocycles. The summed E-state index contributed by atoms with van der Waals surface area (Å²) in [4.78, 5) is 39.7. The van der Waals surface area contributed by atoms with Crippen LogP contribution in [0.25, 0.3) is 0 Å². The van der Waals surface area contributed by atoms with Crippen LogP contribution < -0.4 is 14.4 Å². The number of likely N-dealkylation sites (tertiary alicyclic amines) is 1. The molecule has 2 atom stereocenters. The van der Waals surface area contributed by atoms with Gasteiger partial charge in [-0.15, -0.1) is 0 Å². The molecule has 3 aliphatic heterocycles. The molecule has 1 aromatic rings. The molecule has 0 spiro atoms. The van der Waals surface area contributed by atoms with Crippen molar-refractivity contribution in [2.75, 3.05) is 31.3 Å². The van der Waals surface area contributed by atoms with Crippen molar-refractivity contribution < 1.29 is 29.0 Å². The van der Waals surface area contributed by atoms with Crippen LogP contribution in [0.4, 0.5) is 5.69 Å². The molecule has 0 radical (unpaired) electrons. The number of benzene rings is 1. The minimum Gasteiger partial charge on any atom is -0.481 e. The van der Waals surface area contributed by atoms with Gasteiger partial charge >= 0.3 is 5.97 Å². The highest BCUT2D eigenvalue weighted by atomic mass is 16.7. The quantitative estimate of drug-likeness (QED) is 0.867. The Morgan fingerprint density at radius 2 is 2.04 bits per heavy atom. The van der Waals surface area contributed by atoms with E-state index < -0.39 is 17.3 Å². The third kappa shape index (κ3) is 2.65. The molecule has 2 amide bonds. The number of anilines is 1. The Balaban J connectivity index is 1.46. The third-order valence-electron chi connectivity index (χ3n) is 5.44. The molecule has 138 valence electrons. The first kappa shape index (κ1) is 16.7. The lowest BCUT2D eigenvalue weighted by Crippen LogP contribution is -2.39. The summed E-state index contributed by atoms with van der Waals surface area (Å²) in [6.45, 7) is 2.70. The maximum absolute atomic E-state index is 12.8. The van der Waals surface area contributed by atoms with Crippen LogP contribution in [-0.2, 0) is 14.4 Å². The summed E-state index contributed by atoms with van der Waals surface area (Å²) >= 11 is 0. The van der Waals surface area contributed by atoms with E-state index in [2.05, 4.69) is 0 Å². The Hall–Kier alpha value is -2.77. The predicted molar refractivity (Wildman–Crippen MR) is 90.0 cm³/mol. The van der Waals surface area contributed by atoms with Gasteiger partial charge in [0.1, 0.15) is 0 Å². The van der Waals surface area contributed by atoms with Crippen molar-refractivity contribution in [2.24, 2.45) is 11.3 Å².